The van der Waals surface area contributed by atoms with Crippen LogP contribution in [-0.2, 0) is 10.8 Å². The van der Waals surface area contributed by atoms with Gasteiger partial charge in [0.1, 0.15) is 11.2 Å². The Morgan fingerprint density at radius 3 is 1.60 bits per heavy atom. The van der Waals surface area contributed by atoms with Gasteiger partial charge in [0.15, 0.2) is 0 Å². The Labute approximate surface area is 422 Å². The average molecular weight is 936 g/mol. The summed E-state index contributed by atoms with van der Waals surface area (Å²) in [7, 11) is 0. The Balaban J connectivity index is 0.940. The van der Waals surface area contributed by atoms with Crippen LogP contribution in [0.5, 0.6) is 0 Å². The molecule has 0 amide bonds. The number of anilines is 3. The van der Waals surface area contributed by atoms with E-state index in [2.05, 4.69) is 267 Å². The topological polar surface area (TPSA) is 16.4 Å². The van der Waals surface area contributed by atoms with Crippen LogP contribution in [0.1, 0.15) is 45.9 Å². The molecule has 2 heterocycles. The van der Waals surface area contributed by atoms with Crippen LogP contribution in [0.4, 0.5) is 17.1 Å². The molecule has 72 heavy (non-hydrogen) atoms. The van der Waals surface area contributed by atoms with Crippen molar-refractivity contribution < 1.29 is 4.42 Å². The fourth-order valence-corrected chi connectivity index (χ4v) is 14.1. The maximum Gasteiger partial charge on any atom is 0.139 e. The average Bonchev–Trinajstić information content (AvgIpc) is 4.18. The lowest BCUT2D eigenvalue weighted by Crippen LogP contribution is -2.28. The summed E-state index contributed by atoms with van der Waals surface area (Å²) in [6.07, 6.45) is 0. The monoisotopic (exact) mass is 935 g/mol. The van der Waals surface area contributed by atoms with Crippen molar-refractivity contribution in [3.63, 3.8) is 0 Å². The number of benzene rings is 11. The molecule has 11 aromatic carbocycles. The number of hydrogen-bond acceptors (Lipinski definition) is 3. The number of fused-ring (bicyclic) bond motifs is 12. The third-order valence-electron chi connectivity index (χ3n) is 16.0. The molecule has 0 aliphatic heterocycles. The summed E-state index contributed by atoms with van der Waals surface area (Å²) >= 11 is 1.87. The van der Waals surface area contributed by atoms with Gasteiger partial charge >= 0.3 is 0 Å². The lowest BCUT2D eigenvalue weighted by atomic mass is 9.67. The van der Waals surface area contributed by atoms with E-state index in [4.69, 9.17) is 4.42 Å². The molecule has 0 saturated heterocycles. The first-order valence-corrected chi connectivity index (χ1v) is 25.7. The zero-order chi connectivity index (χ0) is 47.5. The van der Waals surface area contributed by atoms with E-state index < -0.39 is 10.8 Å². The molecule has 0 fully saturated rings. The van der Waals surface area contributed by atoms with Crippen molar-refractivity contribution in [3.8, 4) is 33.4 Å². The summed E-state index contributed by atoms with van der Waals surface area (Å²) in [4.78, 5) is 2.42. The van der Waals surface area contributed by atoms with Crippen molar-refractivity contribution in [2.75, 3.05) is 4.90 Å². The van der Waals surface area contributed by atoms with Crippen LogP contribution in [-0.4, -0.2) is 0 Å². The zero-order valence-corrected chi connectivity index (χ0v) is 40.3. The van der Waals surface area contributed by atoms with Gasteiger partial charge in [-0.25, -0.2) is 0 Å². The maximum absolute atomic E-state index is 7.24. The summed E-state index contributed by atoms with van der Waals surface area (Å²) in [6, 6.07) is 94.2. The fraction of sp³-hybridized carbons (Fsp3) is 0.0435. The zero-order valence-electron chi connectivity index (χ0n) is 39.5. The minimum Gasteiger partial charge on any atom is -0.456 e. The molecule has 338 valence electrons. The second kappa shape index (κ2) is 15.6. The molecule has 0 atom stereocenters. The van der Waals surface area contributed by atoms with Gasteiger partial charge in [0, 0.05) is 65.1 Å². The highest BCUT2D eigenvalue weighted by atomic mass is 32.1. The van der Waals surface area contributed by atoms with Crippen LogP contribution >= 0.6 is 11.3 Å². The van der Waals surface area contributed by atoms with Gasteiger partial charge in [-0.1, -0.05) is 206 Å². The minimum absolute atomic E-state index is 0.399. The van der Waals surface area contributed by atoms with Crippen LogP contribution in [0.25, 0.3) is 75.5 Å². The smallest absolute Gasteiger partial charge is 0.139 e. The first-order chi connectivity index (χ1) is 35.6. The van der Waals surface area contributed by atoms with Crippen molar-refractivity contribution in [3.05, 3.63) is 294 Å². The van der Waals surface area contributed by atoms with Crippen molar-refractivity contribution in [2.45, 2.75) is 17.8 Å². The summed E-state index contributed by atoms with van der Waals surface area (Å²) < 4.78 is 9.86. The van der Waals surface area contributed by atoms with Crippen LogP contribution in [0.15, 0.2) is 259 Å². The van der Waals surface area contributed by atoms with E-state index in [1.165, 1.54) is 92.5 Å². The lowest BCUT2D eigenvalue weighted by molar-refractivity contribution is 0.638. The highest BCUT2D eigenvalue weighted by molar-refractivity contribution is 7.26. The van der Waals surface area contributed by atoms with Gasteiger partial charge in [0.2, 0.25) is 0 Å². The molecule has 0 radical (unpaired) electrons. The van der Waals surface area contributed by atoms with Gasteiger partial charge in [-0.2, -0.15) is 0 Å². The van der Waals surface area contributed by atoms with E-state index in [0.717, 1.165) is 39.0 Å². The molecular formula is C69H45NOS. The first kappa shape index (κ1) is 41.1. The van der Waals surface area contributed by atoms with E-state index >= 15 is 0 Å². The summed E-state index contributed by atoms with van der Waals surface area (Å²) in [5.41, 5.74) is 20.3. The number of furan rings is 1. The van der Waals surface area contributed by atoms with E-state index in [1.54, 1.807) is 0 Å². The maximum atomic E-state index is 7.24. The van der Waals surface area contributed by atoms with E-state index in [9.17, 15) is 0 Å². The predicted octanol–water partition coefficient (Wildman–Crippen LogP) is 18.8. The molecule has 3 heteroatoms. The number of rotatable bonds is 7. The van der Waals surface area contributed by atoms with E-state index in [-0.39, 0.29) is 0 Å². The van der Waals surface area contributed by atoms with E-state index in [1.807, 2.05) is 11.3 Å². The predicted molar refractivity (Wildman–Crippen MR) is 301 cm³/mol. The van der Waals surface area contributed by atoms with Crippen LogP contribution < -0.4 is 4.90 Å². The summed E-state index contributed by atoms with van der Waals surface area (Å²) in [5.74, 6) is 0. The Hall–Kier alpha value is -8.76. The largest absolute Gasteiger partial charge is 0.456 e. The number of nitrogens with zero attached hydrogens (tertiary/aromatic N) is 1. The SMILES string of the molecule is CC1(c2cccc3c2oc2cc(N(c4ccc(-c5cccc6c5sc5ccccc56)cc4)c4ccc5c(c4)C(c4ccccc4)(c4ccccc4)c4ccccc4-5)ccc23)c2ccccc2-c2ccccc21. The molecule has 0 unspecified atom stereocenters. The summed E-state index contributed by atoms with van der Waals surface area (Å²) in [6.45, 7) is 2.37. The van der Waals surface area contributed by atoms with Gasteiger partial charge in [-0.05, 0) is 116 Å². The minimum atomic E-state index is -0.546. The molecule has 15 rings (SSSR count). The van der Waals surface area contributed by atoms with Gasteiger partial charge in [-0.3, -0.25) is 0 Å². The molecular weight excluding hydrogens is 891 g/mol. The van der Waals surface area contributed by atoms with Crippen LogP contribution in [0.3, 0.4) is 0 Å². The number of para-hydroxylation sites is 1. The standard InChI is InChI=1S/C69H45NOS/c1-68(59-29-12-8-22-51(59)52-23-9-13-30-60(52)68)62-32-17-27-57-55-41-39-49(43-64(55)71-66(57)62)70(47-36-34-44(35-37-47)50-26-16-28-58-56-25-11-15-33-65(56)72-67(50)58)48-38-40-54-53-24-10-14-31-61(53)69(63(54)42-48,45-18-4-2-5-19-45)46-20-6-3-7-21-46/h2-43H,1H3. The molecule has 2 aromatic heterocycles. The quantitative estimate of drug-likeness (QED) is 0.158. The van der Waals surface area contributed by atoms with E-state index in [0.29, 0.717) is 0 Å². The number of thiophene rings is 1. The van der Waals surface area contributed by atoms with Gasteiger partial charge in [0.05, 0.1) is 5.41 Å². The highest BCUT2D eigenvalue weighted by Gasteiger charge is 2.47. The third kappa shape index (κ3) is 5.71. The van der Waals surface area contributed by atoms with Crippen molar-refractivity contribution in [1.29, 1.82) is 0 Å². The first-order valence-electron chi connectivity index (χ1n) is 24.9. The van der Waals surface area contributed by atoms with Crippen molar-refractivity contribution >= 4 is 70.5 Å². The molecule has 2 nitrogen and oxygen atoms in total. The van der Waals surface area contributed by atoms with Gasteiger partial charge in [-0.15, -0.1) is 11.3 Å². The third-order valence-corrected chi connectivity index (χ3v) is 17.3. The van der Waals surface area contributed by atoms with Crippen molar-refractivity contribution in [2.24, 2.45) is 0 Å². The van der Waals surface area contributed by atoms with Crippen LogP contribution in [0, 0.1) is 0 Å². The van der Waals surface area contributed by atoms with Crippen LogP contribution in [0.2, 0.25) is 0 Å². The molecule has 2 aliphatic rings. The Morgan fingerprint density at radius 2 is 0.875 bits per heavy atom. The Kier molecular flexibility index (Phi) is 8.91. The second-order valence-electron chi connectivity index (χ2n) is 19.6. The molecule has 0 N–H and O–H groups in total. The molecule has 2 aliphatic carbocycles. The molecule has 0 bridgehead atoms. The normalized spacial score (nSPS) is 13.8. The summed E-state index contributed by atoms with van der Waals surface area (Å²) in [5, 5.41) is 4.83. The fourth-order valence-electron chi connectivity index (χ4n) is 12.8. The highest BCUT2D eigenvalue weighted by Crippen LogP contribution is 2.58. The Bertz CT molecular complexity index is 4210. The van der Waals surface area contributed by atoms with Crippen molar-refractivity contribution in [1.82, 2.24) is 0 Å². The van der Waals surface area contributed by atoms with Gasteiger partial charge in [0.25, 0.3) is 0 Å². The lowest BCUT2D eigenvalue weighted by Gasteiger charge is -2.35. The second-order valence-corrected chi connectivity index (χ2v) is 20.7. The van der Waals surface area contributed by atoms with Gasteiger partial charge < -0.3 is 9.32 Å². The molecule has 13 aromatic rings. The Morgan fingerprint density at radius 1 is 0.361 bits per heavy atom. The number of hydrogen-bond donors (Lipinski definition) is 0. The molecule has 0 saturated carbocycles. The molecule has 0 spiro atoms.